The van der Waals surface area contributed by atoms with Crippen LogP contribution in [-0.2, 0) is 14.3 Å². The Bertz CT molecular complexity index is 291. The highest BCUT2D eigenvalue weighted by atomic mass is 16.5. The number of aliphatic hydroxyl groups is 1. The van der Waals surface area contributed by atoms with E-state index in [9.17, 15) is 9.90 Å². The van der Waals surface area contributed by atoms with Gasteiger partial charge in [0.1, 0.15) is 0 Å². The van der Waals surface area contributed by atoms with Gasteiger partial charge in [-0.1, -0.05) is 0 Å². The third-order valence-corrected chi connectivity index (χ3v) is 3.26. The lowest BCUT2D eigenvalue weighted by Crippen LogP contribution is -2.26. The first kappa shape index (κ1) is 15.4. The second-order valence-electron chi connectivity index (χ2n) is 6.74. The lowest BCUT2D eigenvalue weighted by Gasteiger charge is -2.19. The molecule has 1 saturated heterocycles. The van der Waals surface area contributed by atoms with E-state index in [2.05, 4.69) is 0 Å². The van der Waals surface area contributed by atoms with Crippen molar-refractivity contribution in [2.24, 2.45) is 11.3 Å². The van der Waals surface area contributed by atoms with Gasteiger partial charge in [0, 0.05) is 0 Å². The summed E-state index contributed by atoms with van der Waals surface area (Å²) in [6, 6.07) is 0. The molecule has 4 heteroatoms. The molecule has 1 N–H and O–H groups in total. The summed E-state index contributed by atoms with van der Waals surface area (Å²) in [7, 11) is 0. The number of aliphatic hydroxyl groups excluding tert-OH is 1. The van der Waals surface area contributed by atoms with Gasteiger partial charge in [0.15, 0.2) is 0 Å². The molecule has 0 saturated carbocycles. The van der Waals surface area contributed by atoms with Crippen LogP contribution in [0.25, 0.3) is 0 Å². The first-order valence-electron chi connectivity index (χ1n) is 6.61. The minimum absolute atomic E-state index is 0.0291. The molecule has 0 amide bonds. The summed E-state index contributed by atoms with van der Waals surface area (Å²) in [4.78, 5) is 11.6. The van der Waals surface area contributed by atoms with Crippen LogP contribution >= 0.6 is 0 Å². The third-order valence-electron chi connectivity index (χ3n) is 3.26. The molecule has 106 valence electrons. The average Bonchev–Trinajstić information content (AvgIpc) is 2.51. The summed E-state index contributed by atoms with van der Waals surface area (Å²) in [6.07, 6.45) is 1.51. The lowest BCUT2D eigenvalue weighted by molar-refractivity contribution is -0.153. The summed E-state index contributed by atoms with van der Waals surface area (Å²) in [5.74, 6) is 0.0824. The summed E-state index contributed by atoms with van der Waals surface area (Å²) in [5, 5.41) is 9.27. The molecule has 1 aliphatic rings. The van der Waals surface area contributed by atoms with Crippen LogP contribution in [0, 0.1) is 11.3 Å². The summed E-state index contributed by atoms with van der Waals surface area (Å²) < 4.78 is 11.0. The van der Waals surface area contributed by atoms with Gasteiger partial charge in [0.2, 0.25) is 0 Å². The highest BCUT2D eigenvalue weighted by Crippen LogP contribution is 2.36. The summed E-state index contributed by atoms with van der Waals surface area (Å²) >= 11 is 0. The SMILES string of the molecule is CC1(C)C[C@@H](CCOC(=O)C(C)(C)C)[C@@H](CO)O1. The van der Waals surface area contributed by atoms with Gasteiger partial charge in [-0.15, -0.1) is 0 Å². The van der Waals surface area contributed by atoms with Crippen molar-refractivity contribution in [3.05, 3.63) is 0 Å². The van der Waals surface area contributed by atoms with Gasteiger partial charge in [0.05, 0.1) is 30.3 Å². The Morgan fingerprint density at radius 2 is 2.06 bits per heavy atom. The van der Waals surface area contributed by atoms with Crippen molar-refractivity contribution in [2.45, 2.75) is 59.2 Å². The fourth-order valence-corrected chi connectivity index (χ4v) is 2.31. The van der Waals surface area contributed by atoms with Crippen molar-refractivity contribution >= 4 is 5.97 Å². The number of hydrogen-bond donors (Lipinski definition) is 1. The highest BCUT2D eigenvalue weighted by Gasteiger charge is 2.39. The minimum Gasteiger partial charge on any atom is -0.465 e. The largest absolute Gasteiger partial charge is 0.465 e. The molecule has 1 fully saturated rings. The van der Waals surface area contributed by atoms with E-state index in [1.54, 1.807) is 0 Å². The molecule has 1 heterocycles. The number of carbonyl (C=O) groups is 1. The van der Waals surface area contributed by atoms with Crippen molar-refractivity contribution in [1.82, 2.24) is 0 Å². The van der Waals surface area contributed by atoms with Crippen LogP contribution in [0.3, 0.4) is 0 Å². The van der Waals surface area contributed by atoms with Crippen molar-refractivity contribution in [1.29, 1.82) is 0 Å². The maximum absolute atomic E-state index is 11.6. The fourth-order valence-electron chi connectivity index (χ4n) is 2.31. The fraction of sp³-hybridized carbons (Fsp3) is 0.929. The van der Waals surface area contributed by atoms with Gasteiger partial charge in [-0.2, -0.15) is 0 Å². The molecule has 0 aliphatic carbocycles. The second-order valence-corrected chi connectivity index (χ2v) is 6.74. The van der Waals surface area contributed by atoms with Gasteiger partial charge in [-0.3, -0.25) is 4.79 Å². The smallest absolute Gasteiger partial charge is 0.311 e. The average molecular weight is 258 g/mol. The van der Waals surface area contributed by atoms with E-state index < -0.39 is 5.41 Å². The Morgan fingerprint density at radius 1 is 1.44 bits per heavy atom. The number of rotatable bonds is 4. The Hall–Kier alpha value is -0.610. The van der Waals surface area contributed by atoms with Crippen LogP contribution in [0.2, 0.25) is 0 Å². The number of ether oxygens (including phenoxy) is 2. The highest BCUT2D eigenvalue weighted by molar-refractivity contribution is 5.75. The molecule has 0 aromatic heterocycles. The molecule has 0 unspecified atom stereocenters. The molecule has 0 radical (unpaired) electrons. The predicted octanol–water partition coefficient (Wildman–Crippen LogP) is 2.14. The van der Waals surface area contributed by atoms with Gasteiger partial charge >= 0.3 is 5.97 Å². The van der Waals surface area contributed by atoms with E-state index in [0.717, 1.165) is 12.8 Å². The van der Waals surface area contributed by atoms with E-state index in [1.807, 2.05) is 34.6 Å². The molecule has 0 spiro atoms. The summed E-state index contributed by atoms with van der Waals surface area (Å²) in [6.45, 7) is 10.0. The first-order chi connectivity index (χ1) is 8.15. The van der Waals surface area contributed by atoms with Crippen molar-refractivity contribution in [3.63, 3.8) is 0 Å². The monoisotopic (exact) mass is 258 g/mol. The van der Waals surface area contributed by atoms with Crippen molar-refractivity contribution in [3.8, 4) is 0 Å². The van der Waals surface area contributed by atoms with Gasteiger partial charge in [0.25, 0.3) is 0 Å². The zero-order chi connectivity index (χ0) is 14.0. The molecule has 2 atom stereocenters. The Labute approximate surface area is 110 Å². The van der Waals surface area contributed by atoms with Crippen LogP contribution in [0.4, 0.5) is 0 Å². The standard InChI is InChI=1S/C14H26O4/c1-13(2,3)12(16)17-7-6-10-8-14(4,5)18-11(10)9-15/h10-11,15H,6-9H2,1-5H3/t10-,11-/m1/s1. The zero-order valence-electron chi connectivity index (χ0n) is 12.2. The van der Waals surface area contributed by atoms with Crippen LogP contribution in [0.1, 0.15) is 47.5 Å². The Kier molecular flexibility index (Phi) is 4.78. The number of hydrogen-bond acceptors (Lipinski definition) is 4. The minimum atomic E-state index is -0.457. The van der Waals surface area contributed by atoms with E-state index in [0.29, 0.717) is 6.61 Å². The van der Waals surface area contributed by atoms with E-state index in [1.165, 1.54) is 0 Å². The van der Waals surface area contributed by atoms with E-state index in [4.69, 9.17) is 9.47 Å². The Morgan fingerprint density at radius 3 is 2.56 bits per heavy atom. The third kappa shape index (κ3) is 4.25. The molecule has 1 rings (SSSR count). The van der Waals surface area contributed by atoms with Gasteiger partial charge < -0.3 is 14.6 Å². The maximum Gasteiger partial charge on any atom is 0.311 e. The molecular weight excluding hydrogens is 232 g/mol. The van der Waals surface area contributed by atoms with Crippen LogP contribution < -0.4 is 0 Å². The van der Waals surface area contributed by atoms with Gasteiger partial charge in [-0.25, -0.2) is 0 Å². The molecular formula is C14H26O4. The van der Waals surface area contributed by atoms with Crippen molar-refractivity contribution < 1.29 is 19.4 Å². The van der Waals surface area contributed by atoms with Crippen LogP contribution in [-0.4, -0.2) is 36.0 Å². The number of esters is 1. The number of carbonyl (C=O) groups excluding carboxylic acids is 1. The summed E-state index contributed by atoms with van der Waals surface area (Å²) in [5.41, 5.74) is -0.645. The topological polar surface area (TPSA) is 55.8 Å². The van der Waals surface area contributed by atoms with Crippen LogP contribution in [0.15, 0.2) is 0 Å². The molecule has 18 heavy (non-hydrogen) atoms. The Balaban J connectivity index is 2.38. The van der Waals surface area contributed by atoms with E-state index in [-0.39, 0.29) is 30.2 Å². The van der Waals surface area contributed by atoms with Crippen LogP contribution in [0.5, 0.6) is 0 Å². The van der Waals surface area contributed by atoms with Crippen molar-refractivity contribution in [2.75, 3.05) is 13.2 Å². The zero-order valence-corrected chi connectivity index (χ0v) is 12.2. The lowest BCUT2D eigenvalue weighted by atomic mass is 9.92. The first-order valence-corrected chi connectivity index (χ1v) is 6.61. The molecule has 1 aliphatic heterocycles. The molecule has 4 nitrogen and oxygen atoms in total. The van der Waals surface area contributed by atoms with E-state index >= 15 is 0 Å². The quantitative estimate of drug-likeness (QED) is 0.785. The normalized spacial score (nSPS) is 27.2. The molecule has 0 bridgehead atoms. The molecule has 0 aromatic carbocycles. The molecule has 0 aromatic rings. The maximum atomic E-state index is 11.6. The predicted molar refractivity (Wildman–Crippen MR) is 69.2 cm³/mol. The van der Waals surface area contributed by atoms with Gasteiger partial charge in [-0.05, 0) is 53.4 Å². The second kappa shape index (κ2) is 5.57.